The number of fused-ring (bicyclic) bond motifs is 1. The van der Waals surface area contributed by atoms with Gasteiger partial charge in [0.05, 0.1) is 36.0 Å². The number of alkyl halides is 2. The molecule has 1 unspecified atom stereocenters. The van der Waals surface area contributed by atoms with Crippen molar-refractivity contribution in [1.29, 1.82) is 0 Å². The van der Waals surface area contributed by atoms with E-state index in [0.29, 0.717) is 47.5 Å². The van der Waals surface area contributed by atoms with E-state index < -0.39 is 35.5 Å². The number of imidazole rings is 1. The summed E-state index contributed by atoms with van der Waals surface area (Å²) < 4.78 is 70.4. The van der Waals surface area contributed by atoms with Crippen molar-refractivity contribution in [3.8, 4) is 11.3 Å². The van der Waals surface area contributed by atoms with Crippen LogP contribution in [0.2, 0.25) is 0 Å². The van der Waals surface area contributed by atoms with Crippen LogP contribution < -0.4 is 16.4 Å². The van der Waals surface area contributed by atoms with Gasteiger partial charge in [-0.05, 0) is 30.5 Å². The van der Waals surface area contributed by atoms with Gasteiger partial charge in [-0.15, -0.1) is 0 Å². The Balaban J connectivity index is 1.60. The summed E-state index contributed by atoms with van der Waals surface area (Å²) >= 11 is 0. The number of aromatic nitrogens is 5. The summed E-state index contributed by atoms with van der Waals surface area (Å²) in [5.74, 6) is -3.43. The second-order valence-electron chi connectivity index (χ2n) is 9.29. The highest BCUT2D eigenvalue weighted by Gasteiger charge is 2.43. The zero-order valence-corrected chi connectivity index (χ0v) is 19.8. The summed E-state index contributed by atoms with van der Waals surface area (Å²) in [5, 5.41) is 10.1. The average molecular weight is 534 g/mol. The molecule has 4 heterocycles. The number of benzene rings is 1. The lowest BCUT2D eigenvalue weighted by molar-refractivity contribution is -0.0529. The smallest absolute Gasteiger partial charge is 0.265 e. The van der Waals surface area contributed by atoms with Crippen molar-refractivity contribution in [1.82, 2.24) is 24.5 Å². The van der Waals surface area contributed by atoms with E-state index in [2.05, 4.69) is 19.9 Å². The van der Waals surface area contributed by atoms with Crippen LogP contribution in [0.1, 0.15) is 18.4 Å². The first kappa shape index (κ1) is 25.7. The molecule has 1 aliphatic heterocycles. The number of hydrogen-bond donors (Lipinski definition) is 3. The van der Waals surface area contributed by atoms with E-state index in [4.69, 9.17) is 11.5 Å². The van der Waals surface area contributed by atoms with Crippen molar-refractivity contribution in [3.05, 3.63) is 60.1 Å². The molecule has 0 bridgehead atoms. The number of hydrogen-bond acceptors (Lipinski definition) is 8. The predicted molar refractivity (Wildman–Crippen MR) is 129 cm³/mol. The van der Waals surface area contributed by atoms with E-state index in [0.717, 1.165) is 0 Å². The van der Waals surface area contributed by atoms with Crippen LogP contribution in [0.5, 0.6) is 0 Å². The third-order valence-electron chi connectivity index (χ3n) is 6.75. The van der Waals surface area contributed by atoms with E-state index in [1.165, 1.54) is 24.9 Å². The highest BCUT2D eigenvalue weighted by molar-refractivity contribution is 5.81. The molecule has 0 radical (unpaired) electrons. The van der Waals surface area contributed by atoms with E-state index in [9.17, 15) is 27.1 Å². The molecule has 200 valence electrons. The van der Waals surface area contributed by atoms with Gasteiger partial charge in [-0.25, -0.2) is 36.9 Å². The van der Waals surface area contributed by atoms with Gasteiger partial charge < -0.3 is 26.0 Å². The van der Waals surface area contributed by atoms with Gasteiger partial charge >= 0.3 is 0 Å². The van der Waals surface area contributed by atoms with Crippen LogP contribution in [0.15, 0.2) is 37.1 Å². The van der Waals surface area contributed by atoms with E-state index in [1.807, 2.05) is 0 Å². The fourth-order valence-corrected chi connectivity index (χ4v) is 4.78. The lowest BCUT2D eigenvalue weighted by Gasteiger charge is -2.44. The number of nitrogens with two attached hydrogens (primary N) is 2. The first-order valence-electron chi connectivity index (χ1n) is 11.6. The fraction of sp³-hybridized carbons (Fsp3) is 0.333. The van der Waals surface area contributed by atoms with Gasteiger partial charge in [-0.2, -0.15) is 0 Å². The molecule has 1 fully saturated rings. The first-order valence-corrected chi connectivity index (χ1v) is 11.6. The summed E-state index contributed by atoms with van der Waals surface area (Å²) in [6, 6.07) is 2.63. The molecular formula is C24H23F5N8O. The Hall–Kier alpha value is -3.91. The molecule has 3 aromatic heterocycles. The molecule has 5 rings (SSSR count). The highest BCUT2D eigenvalue weighted by Crippen LogP contribution is 2.34. The molecule has 0 saturated carbocycles. The van der Waals surface area contributed by atoms with Gasteiger partial charge in [-0.1, -0.05) is 0 Å². The van der Waals surface area contributed by atoms with Crippen LogP contribution in [-0.4, -0.2) is 60.8 Å². The SMILES string of the molecule is Nc1ncnc2c1ncn2Cc1cc(-c2cc(F)c(F)cc2F)ncc1N1CCCC(N)([C@@H](O)C(F)F)C1. The van der Waals surface area contributed by atoms with Crippen LogP contribution in [0.4, 0.5) is 33.5 Å². The predicted octanol–water partition coefficient (Wildman–Crippen LogP) is 2.86. The van der Waals surface area contributed by atoms with Crippen LogP contribution in [0.25, 0.3) is 22.4 Å². The van der Waals surface area contributed by atoms with Crippen LogP contribution in [0, 0.1) is 17.5 Å². The number of aliphatic hydroxyl groups is 1. The third-order valence-corrected chi connectivity index (χ3v) is 6.75. The standard InChI is InChI=1S/C24H23F5N8O/c25-14-6-16(27)15(26)5-13(14)17-4-12(8-37-11-35-19-22(30)33-10-34-23(19)37)18(7-32-17)36-3-1-2-24(31,9-36)20(38)21(28)29/h4-7,10-11,20-21,38H,1-3,8-9,31H2,(H2,30,33,34)/t20-,24?/m0/s1. The molecule has 1 aliphatic rings. The van der Waals surface area contributed by atoms with Gasteiger partial charge in [-0.3, -0.25) is 4.98 Å². The van der Waals surface area contributed by atoms with Crippen molar-refractivity contribution in [3.63, 3.8) is 0 Å². The van der Waals surface area contributed by atoms with Crippen molar-refractivity contribution < 1.29 is 27.1 Å². The molecule has 0 aliphatic carbocycles. The van der Waals surface area contributed by atoms with E-state index in [-0.39, 0.29) is 36.6 Å². The average Bonchev–Trinajstić information content (AvgIpc) is 3.29. The number of rotatable bonds is 6. The Kier molecular flexibility index (Phi) is 6.61. The molecule has 1 aromatic carbocycles. The molecule has 2 atom stereocenters. The Morgan fingerprint density at radius 3 is 2.55 bits per heavy atom. The minimum absolute atomic E-state index is 0.0161. The van der Waals surface area contributed by atoms with Gasteiger partial charge in [0.1, 0.15) is 23.8 Å². The molecular weight excluding hydrogens is 511 g/mol. The molecule has 5 N–H and O–H groups in total. The Bertz CT molecular complexity index is 1500. The monoisotopic (exact) mass is 534 g/mol. The second kappa shape index (κ2) is 9.76. The van der Waals surface area contributed by atoms with Crippen molar-refractivity contribution in [2.45, 2.75) is 37.5 Å². The Labute approximate surface area is 213 Å². The summed E-state index contributed by atoms with van der Waals surface area (Å²) in [4.78, 5) is 18.3. The van der Waals surface area contributed by atoms with Crippen LogP contribution >= 0.6 is 0 Å². The largest absolute Gasteiger partial charge is 0.385 e. The molecule has 0 spiro atoms. The fourth-order valence-electron chi connectivity index (χ4n) is 4.78. The number of piperidine rings is 1. The zero-order valence-electron chi connectivity index (χ0n) is 19.8. The lowest BCUT2D eigenvalue weighted by atomic mass is 9.84. The van der Waals surface area contributed by atoms with E-state index >= 15 is 0 Å². The minimum atomic E-state index is -3.03. The molecule has 9 nitrogen and oxygen atoms in total. The maximum Gasteiger partial charge on any atom is 0.265 e. The number of halogens is 5. The Morgan fingerprint density at radius 2 is 1.79 bits per heavy atom. The maximum absolute atomic E-state index is 14.6. The zero-order chi connectivity index (χ0) is 27.2. The number of nitrogen functional groups attached to an aromatic ring is 1. The topological polar surface area (TPSA) is 132 Å². The summed E-state index contributed by atoms with van der Waals surface area (Å²) in [6.45, 7) is 0.405. The van der Waals surface area contributed by atoms with Gasteiger partial charge in [0, 0.05) is 24.7 Å². The number of aliphatic hydroxyl groups excluding tert-OH is 1. The van der Waals surface area contributed by atoms with Crippen molar-refractivity contribution >= 4 is 22.7 Å². The summed E-state index contributed by atoms with van der Waals surface area (Å²) in [5.41, 5.74) is 12.0. The van der Waals surface area contributed by atoms with Gasteiger partial charge in [0.2, 0.25) is 0 Å². The minimum Gasteiger partial charge on any atom is -0.385 e. The third kappa shape index (κ3) is 4.60. The Morgan fingerprint density at radius 1 is 1.03 bits per heavy atom. The number of pyridine rings is 1. The van der Waals surface area contributed by atoms with E-state index in [1.54, 1.807) is 9.47 Å². The van der Waals surface area contributed by atoms with Crippen molar-refractivity contribution in [2.75, 3.05) is 23.7 Å². The van der Waals surface area contributed by atoms with Gasteiger partial charge in [0.25, 0.3) is 6.43 Å². The first-order chi connectivity index (χ1) is 18.1. The van der Waals surface area contributed by atoms with Crippen molar-refractivity contribution in [2.24, 2.45) is 5.73 Å². The molecule has 14 heteroatoms. The maximum atomic E-state index is 14.6. The molecule has 0 amide bonds. The molecule has 1 saturated heterocycles. The lowest BCUT2D eigenvalue weighted by Crippen LogP contribution is -2.63. The second-order valence-corrected chi connectivity index (χ2v) is 9.29. The summed E-state index contributed by atoms with van der Waals surface area (Å²) in [6.07, 6.45) is -0.358. The quantitative estimate of drug-likeness (QED) is 0.254. The number of anilines is 2. The molecule has 4 aromatic rings. The van der Waals surface area contributed by atoms with Crippen LogP contribution in [0.3, 0.4) is 0 Å². The normalized spacial score (nSPS) is 18.9. The molecule has 38 heavy (non-hydrogen) atoms. The highest BCUT2D eigenvalue weighted by atomic mass is 19.3. The number of nitrogens with zero attached hydrogens (tertiary/aromatic N) is 6. The summed E-state index contributed by atoms with van der Waals surface area (Å²) in [7, 11) is 0. The van der Waals surface area contributed by atoms with Crippen LogP contribution in [-0.2, 0) is 6.54 Å². The van der Waals surface area contributed by atoms with Gasteiger partial charge in [0.15, 0.2) is 23.1 Å².